The number of sulfonamides is 1. The zero-order valence-electron chi connectivity index (χ0n) is 15.7. The monoisotopic (exact) mass is 388 g/mol. The minimum absolute atomic E-state index is 0.0444. The summed E-state index contributed by atoms with van der Waals surface area (Å²) >= 11 is 1.68. The van der Waals surface area contributed by atoms with E-state index in [0.29, 0.717) is 18.0 Å². The summed E-state index contributed by atoms with van der Waals surface area (Å²) in [5.41, 5.74) is 0.197. The first-order valence-corrected chi connectivity index (χ1v) is 10.6. The molecule has 1 aromatic rings. The Balaban J connectivity index is 2.94. The topological polar surface area (TPSA) is 84.5 Å². The quantitative estimate of drug-likeness (QED) is 0.669. The summed E-state index contributed by atoms with van der Waals surface area (Å²) in [5, 5.41) is 2.74. The average Bonchev–Trinajstić information content (AvgIpc) is 2.49. The van der Waals surface area contributed by atoms with Gasteiger partial charge in [0.25, 0.3) is 5.91 Å². The fourth-order valence-electron chi connectivity index (χ4n) is 1.99. The van der Waals surface area contributed by atoms with Crippen molar-refractivity contribution in [3.8, 4) is 5.75 Å². The number of carbonyl (C=O) groups is 1. The van der Waals surface area contributed by atoms with Crippen LogP contribution in [0.25, 0.3) is 0 Å². The van der Waals surface area contributed by atoms with Crippen molar-refractivity contribution in [2.45, 2.75) is 50.3 Å². The van der Waals surface area contributed by atoms with Crippen molar-refractivity contribution < 1.29 is 17.9 Å². The van der Waals surface area contributed by atoms with Gasteiger partial charge in [-0.25, -0.2) is 13.1 Å². The van der Waals surface area contributed by atoms with Crippen LogP contribution in [-0.2, 0) is 10.0 Å². The Morgan fingerprint density at radius 2 is 1.92 bits per heavy atom. The highest BCUT2D eigenvalue weighted by Gasteiger charge is 2.20. The molecule has 1 aromatic carbocycles. The number of methoxy groups -OCH3 is 1. The molecule has 0 atom stereocenters. The van der Waals surface area contributed by atoms with Gasteiger partial charge in [-0.3, -0.25) is 4.79 Å². The SMILES string of the molecule is COc1ccc(S(=O)(=O)NCCSC(C)(C)C)cc1C(=O)NC(C)C. The van der Waals surface area contributed by atoms with Crippen LogP contribution in [-0.4, -0.2) is 44.5 Å². The standard InChI is InChI=1S/C17H28N2O4S2/c1-12(2)19-16(20)14-11-13(7-8-15(14)23-6)25(21,22)18-9-10-24-17(3,4)5/h7-8,11-12,18H,9-10H2,1-6H3,(H,19,20). The van der Waals surface area contributed by atoms with Gasteiger partial charge in [-0.05, 0) is 32.0 Å². The van der Waals surface area contributed by atoms with Gasteiger partial charge in [0.1, 0.15) is 5.75 Å². The molecule has 142 valence electrons. The predicted molar refractivity (Wildman–Crippen MR) is 103 cm³/mol. The lowest BCUT2D eigenvalue weighted by Crippen LogP contribution is -2.31. The van der Waals surface area contributed by atoms with Gasteiger partial charge < -0.3 is 10.1 Å². The van der Waals surface area contributed by atoms with Gasteiger partial charge in [0, 0.05) is 23.1 Å². The van der Waals surface area contributed by atoms with E-state index in [1.54, 1.807) is 11.8 Å². The molecule has 0 unspecified atom stereocenters. The van der Waals surface area contributed by atoms with E-state index in [4.69, 9.17) is 4.74 Å². The molecule has 25 heavy (non-hydrogen) atoms. The number of thioether (sulfide) groups is 1. The van der Waals surface area contributed by atoms with Crippen molar-refractivity contribution in [3.05, 3.63) is 23.8 Å². The molecule has 0 saturated heterocycles. The normalized spacial score (nSPS) is 12.3. The molecule has 1 rings (SSSR count). The van der Waals surface area contributed by atoms with Crippen LogP contribution in [0.5, 0.6) is 5.75 Å². The van der Waals surface area contributed by atoms with E-state index in [2.05, 4.69) is 30.8 Å². The number of benzene rings is 1. The molecule has 1 amide bonds. The maximum atomic E-state index is 12.5. The number of amides is 1. The molecular weight excluding hydrogens is 360 g/mol. The zero-order valence-corrected chi connectivity index (χ0v) is 17.3. The molecule has 8 heteroatoms. The Hall–Kier alpha value is -1.25. The van der Waals surface area contributed by atoms with Crippen LogP contribution in [0.2, 0.25) is 0 Å². The highest BCUT2D eigenvalue weighted by Crippen LogP contribution is 2.24. The van der Waals surface area contributed by atoms with Crippen LogP contribution >= 0.6 is 11.8 Å². The van der Waals surface area contributed by atoms with Crippen LogP contribution in [0, 0.1) is 0 Å². The number of nitrogens with one attached hydrogen (secondary N) is 2. The molecule has 2 N–H and O–H groups in total. The van der Waals surface area contributed by atoms with E-state index in [9.17, 15) is 13.2 Å². The third kappa shape index (κ3) is 7.25. The average molecular weight is 389 g/mol. The fourth-order valence-corrected chi connectivity index (χ4v) is 3.99. The van der Waals surface area contributed by atoms with Crippen molar-refractivity contribution in [1.29, 1.82) is 0 Å². The van der Waals surface area contributed by atoms with E-state index < -0.39 is 10.0 Å². The lowest BCUT2D eigenvalue weighted by molar-refractivity contribution is 0.0940. The summed E-state index contributed by atoms with van der Waals surface area (Å²) in [6.07, 6.45) is 0. The molecule has 0 heterocycles. The van der Waals surface area contributed by atoms with Crippen molar-refractivity contribution in [1.82, 2.24) is 10.0 Å². The minimum atomic E-state index is -3.69. The number of ether oxygens (including phenoxy) is 1. The van der Waals surface area contributed by atoms with Crippen LogP contribution in [0.3, 0.4) is 0 Å². The van der Waals surface area contributed by atoms with Crippen LogP contribution in [0.4, 0.5) is 0 Å². The third-order valence-corrected chi connectivity index (χ3v) is 5.81. The molecule has 0 aliphatic carbocycles. The second kappa shape index (κ2) is 8.91. The summed E-state index contributed by atoms with van der Waals surface area (Å²) in [5.74, 6) is 0.632. The predicted octanol–water partition coefficient (Wildman–Crippen LogP) is 2.64. The van der Waals surface area contributed by atoms with E-state index >= 15 is 0 Å². The molecule has 0 saturated carbocycles. The second-order valence-corrected chi connectivity index (χ2v) is 10.5. The van der Waals surface area contributed by atoms with Crippen LogP contribution < -0.4 is 14.8 Å². The van der Waals surface area contributed by atoms with Gasteiger partial charge in [-0.1, -0.05) is 20.8 Å². The Kier molecular flexibility index (Phi) is 7.77. The van der Waals surface area contributed by atoms with Gasteiger partial charge in [-0.2, -0.15) is 11.8 Å². The zero-order chi connectivity index (χ0) is 19.3. The minimum Gasteiger partial charge on any atom is -0.496 e. The Morgan fingerprint density at radius 3 is 2.44 bits per heavy atom. The Labute approximate surface area is 155 Å². The Bertz CT molecular complexity index is 695. The van der Waals surface area contributed by atoms with E-state index in [-0.39, 0.29) is 27.2 Å². The number of carbonyl (C=O) groups excluding carboxylic acids is 1. The highest BCUT2D eigenvalue weighted by molar-refractivity contribution is 8.00. The lowest BCUT2D eigenvalue weighted by atomic mass is 10.2. The molecule has 0 bridgehead atoms. The van der Waals surface area contributed by atoms with Crippen molar-refractivity contribution >= 4 is 27.7 Å². The molecule has 0 aliphatic rings. The van der Waals surface area contributed by atoms with Crippen molar-refractivity contribution in [2.75, 3.05) is 19.4 Å². The van der Waals surface area contributed by atoms with E-state index in [1.807, 2.05) is 13.8 Å². The van der Waals surface area contributed by atoms with E-state index in [1.165, 1.54) is 25.3 Å². The van der Waals surface area contributed by atoms with Gasteiger partial charge in [-0.15, -0.1) is 0 Å². The van der Waals surface area contributed by atoms with Crippen molar-refractivity contribution in [2.24, 2.45) is 0 Å². The first kappa shape index (κ1) is 21.8. The summed E-state index contributed by atoms with van der Waals surface area (Å²) < 4.78 is 32.7. The number of hydrogen-bond donors (Lipinski definition) is 2. The molecular formula is C17H28N2O4S2. The van der Waals surface area contributed by atoms with Crippen LogP contribution in [0.1, 0.15) is 45.0 Å². The van der Waals surface area contributed by atoms with Gasteiger partial charge >= 0.3 is 0 Å². The highest BCUT2D eigenvalue weighted by atomic mass is 32.2. The molecule has 0 radical (unpaired) electrons. The summed E-state index contributed by atoms with van der Waals surface area (Å²) in [4.78, 5) is 12.3. The number of rotatable bonds is 8. The first-order valence-electron chi connectivity index (χ1n) is 8.09. The smallest absolute Gasteiger partial charge is 0.255 e. The van der Waals surface area contributed by atoms with Crippen LogP contribution in [0.15, 0.2) is 23.1 Å². The molecule has 6 nitrogen and oxygen atoms in total. The summed E-state index contributed by atoms with van der Waals surface area (Å²) in [6, 6.07) is 4.21. The second-order valence-electron chi connectivity index (χ2n) is 6.85. The van der Waals surface area contributed by atoms with E-state index in [0.717, 1.165) is 0 Å². The molecule has 0 fully saturated rings. The van der Waals surface area contributed by atoms with Gasteiger partial charge in [0.2, 0.25) is 10.0 Å². The van der Waals surface area contributed by atoms with Gasteiger partial charge in [0.05, 0.1) is 17.6 Å². The first-order chi connectivity index (χ1) is 11.5. The molecule has 0 spiro atoms. The summed E-state index contributed by atoms with van der Waals surface area (Å²) in [6.45, 7) is 10.2. The summed E-state index contributed by atoms with van der Waals surface area (Å²) in [7, 11) is -2.24. The maximum Gasteiger partial charge on any atom is 0.255 e. The van der Waals surface area contributed by atoms with Gasteiger partial charge in [0.15, 0.2) is 0 Å². The lowest BCUT2D eigenvalue weighted by Gasteiger charge is -2.17. The molecule has 0 aromatic heterocycles. The Morgan fingerprint density at radius 1 is 1.28 bits per heavy atom. The fraction of sp³-hybridized carbons (Fsp3) is 0.588. The third-order valence-electron chi connectivity index (χ3n) is 3.07. The largest absolute Gasteiger partial charge is 0.496 e. The van der Waals surface area contributed by atoms with Crippen molar-refractivity contribution in [3.63, 3.8) is 0 Å². The molecule has 0 aliphatic heterocycles. The maximum absolute atomic E-state index is 12.5. The number of hydrogen-bond acceptors (Lipinski definition) is 5.